The van der Waals surface area contributed by atoms with E-state index in [4.69, 9.17) is 4.74 Å². The number of rotatable bonds is 9. The van der Waals surface area contributed by atoms with Gasteiger partial charge in [-0.3, -0.25) is 9.59 Å². The summed E-state index contributed by atoms with van der Waals surface area (Å²) in [4.78, 5) is 41.6. The van der Waals surface area contributed by atoms with Gasteiger partial charge in [0.15, 0.2) is 0 Å². The van der Waals surface area contributed by atoms with Gasteiger partial charge < -0.3 is 20.3 Å². The van der Waals surface area contributed by atoms with Crippen molar-refractivity contribution < 1.29 is 19.1 Å². The molecule has 0 spiro atoms. The number of amides is 3. The van der Waals surface area contributed by atoms with Gasteiger partial charge >= 0.3 is 6.09 Å². The molecule has 0 fully saturated rings. The van der Waals surface area contributed by atoms with E-state index in [0.29, 0.717) is 6.54 Å². The van der Waals surface area contributed by atoms with Crippen molar-refractivity contribution >= 4 is 17.9 Å². The molecule has 7 nitrogen and oxygen atoms in total. The largest absolute Gasteiger partial charge is 0.444 e. The van der Waals surface area contributed by atoms with Crippen molar-refractivity contribution in [2.75, 3.05) is 6.54 Å². The first-order valence-corrected chi connectivity index (χ1v) is 12.5. The number of benzene rings is 2. The Labute approximate surface area is 215 Å². The molecule has 3 amide bonds. The van der Waals surface area contributed by atoms with E-state index in [0.717, 1.165) is 22.3 Å². The summed E-state index contributed by atoms with van der Waals surface area (Å²) in [5, 5.41) is 5.73. The van der Waals surface area contributed by atoms with E-state index < -0.39 is 23.8 Å². The minimum Gasteiger partial charge on any atom is -0.444 e. The van der Waals surface area contributed by atoms with Gasteiger partial charge in [0.25, 0.3) is 0 Å². The molecule has 2 N–H and O–H groups in total. The van der Waals surface area contributed by atoms with Gasteiger partial charge in [-0.2, -0.15) is 0 Å². The van der Waals surface area contributed by atoms with Crippen molar-refractivity contribution in [3.8, 4) is 0 Å². The number of hydrogen-bond donors (Lipinski definition) is 2. The third-order valence-corrected chi connectivity index (χ3v) is 5.66. The van der Waals surface area contributed by atoms with Crippen molar-refractivity contribution in [1.82, 2.24) is 15.5 Å². The standard InChI is InChI=1S/C29H41N3O4/c1-9-32(27(34)24(19(2)3)31-28(35)36-29(6,7)8)25(23-16-20(4)15-21(5)17-23)26(33)30-18-22-13-11-10-12-14-22/h10-17,19,24-25H,9,18H2,1-8H3,(H,30,33)(H,31,35). The molecule has 2 rings (SSSR count). The van der Waals surface area contributed by atoms with Crippen molar-refractivity contribution in [2.45, 2.75) is 79.6 Å². The lowest BCUT2D eigenvalue weighted by atomic mass is 9.96. The molecule has 0 saturated carbocycles. The van der Waals surface area contributed by atoms with Crippen LogP contribution in [0.15, 0.2) is 48.5 Å². The molecule has 2 aromatic rings. The normalized spacial score (nSPS) is 13.0. The molecule has 196 valence electrons. The average molecular weight is 496 g/mol. The number of nitrogens with zero attached hydrogens (tertiary/aromatic N) is 1. The Balaban J connectivity index is 2.41. The maximum atomic E-state index is 13.9. The Morgan fingerprint density at radius 1 is 0.972 bits per heavy atom. The molecule has 0 radical (unpaired) electrons. The second kappa shape index (κ2) is 12.6. The van der Waals surface area contributed by atoms with Gasteiger partial charge in [-0.25, -0.2) is 4.79 Å². The van der Waals surface area contributed by atoms with Gasteiger partial charge in [0.05, 0.1) is 0 Å². The third-order valence-electron chi connectivity index (χ3n) is 5.66. The summed E-state index contributed by atoms with van der Waals surface area (Å²) >= 11 is 0. The lowest BCUT2D eigenvalue weighted by Gasteiger charge is -2.35. The van der Waals surface area contributed by atoms with Gasteiger partial charge in [-0.15, -0.1) is 0 Å². The summed E-state index contributed by atoms with van der Waals surface area (Å²) in [7, 11) is 0. The van der Waals surface area contributed by atoms with Crippen molar-refractivity contribution in [3.05, 3.63) is 70.8 Å². The van der Waals surface area contributed by atoms with E-state index in [1.807, 2.05) is 83.1 Å². The van der Waals surface area contributed by atoms with E-state index >= 15 is 0 Å². The van der Waals surface area contributed by atoms with Crippen molar-refractivity contribution in [1.29, 1.82) is 0 Å². The first-order chi connectivity index (χ1) is 16.8. The first kappa shape index (κ1) is 28.9. The van der Waals surface area contributed by atoms with Crippen molar-refractivity contribution in [2.24, 2.45) is 5.92 Å². The number of alkyl carbamates (subject to hydrolysis) is 1. The number of nitrogens with one attached hydrogen (secondary N) is 2. The van der Waals surface area contributed by atoms with Crippen LogP contribution in [-0.2, 0) is 20.9 Å². The lowest BCUT2D eigenvalue weighted by Crippen LogP contribution is -2.54. The number of carbonyl (C=O) groups is 3. The van der Waals surface area contributed by atoms with Crippen LogP contribution < -0.4 is 10.6 Å². The number of likely N-dealkylation sites (N-methyl/N-ethyl adjacent to an activating group) is 1. The Morgan fingerprint density at radius 3 is 2.06 bits per heavy atom. The Morgan fingerprint density at radius 2 is 1.56 bits per heavy atom. The van der Waals surface area contributed by atoms with Gasteiger partial charge in [0.1, 0.15) is 17.7 Å². The highest BCUT2D eigenvalue weighted by atomic mass is 16.6. The topological polar surface area (TPSA) is 87.7 Å². The fraction of sp³-hybridized carbons (Fsp3) is 0.483. The molecule has 2 atom stereocenters. The van der Waals surface area contributed by atoms with Crippen LogP contribution in [0.1, 0.15) is 69.8 Å². The predicted molar refractivity (Wildman–Crippen MR) is 142 cm³/mol. The zero-order valence-electron chi connectivity index (χ0n) is 22.8. The highest BCUT2D eigenvalue weighted by Crippen LogP contribution is 2.26. The SMILES string of the molecule is CCN(C(=O)C(NC(=O)OC(C)(C)C)C(C)C)C(C(=O)NCc1ccccc1)c1cc(C)cc(C)c1. The fourth-order valence-corrected chi connectivity index (χ4v) is 4.11. The number of aryl methyl sites for hydroxylation is 2. The molecular weight excluding hydrogens is 454 g/mol. The average Bonchev–Trinajstić information content (AvgIpc) is 2.77. The minimum absolute atomic E-state index is 0.216. The maximum absolute atomic E-state index is 13.9. The van der Waals surface area contributed by atoms with Crippen LogP contribution in [0.25, 0.3) is 0 Å². The van der Waals surface area contributed by atoms with Crippen molar-refractivity contribution in [3.63, 3.8) is 0 Å². The van der Waals surface area contributed by atoms with Gasteiger partial charge in [-0.05, 0) is 58.6 Å². The van der Waals surface area contributed by atoms with E-state index in [1.165, 1.54) is 4.90 Å². The highest BCUT2D eigenvalue weighted by Gasteiger charge is 2.36. The van der Waals surface area contributed by atoms with Gasteiger partial charge in [0, 0.05) is 13.1 Å². The second-order valence-corrected chi connectivity index (χ2v) is 10.5. The molecule has 0 aliphatic rings. The molecule has 0 bridgehead atoms. The van der Waals surface area contributed by atoms with Crippen LogP contribution in [0, 0.1) is 19.8 Å². The zero-order valence-corrected chi connectivity index (χ0v) is 22.8. The maximum Gasteiger partial charge on any atom is 0.408 e. The molecular formula is C29H41N3O4. The number of ether oxygens (including phenoxy) is 1. The van der Waals surface area contributed by atoms with Crippen LogP contribution in [0.2, 0.25) is 0 Å². The Hall–Kier alpha value is -3.35. The smallest absolute Gasteiger partial charge is 0.408 e. The number of carbonyl (C=O) groups excluding carboxylic acids is 3. The van der Waals surface area contributed by atoms with Gasteiger partial charge in [0.2, 0.25) is 11.8 Å². The summed E-state index contributed by atoms with van der Waals surface area (Å²) in [5.41, 5.74) is 3.00. The summed E-state index contributed by atoms with van der Waals surface area (Å²) in [5.74, 6) is -0.831. The second-order valence-electron chi connectivity index (χ2n) is 10.5. The van der Waals surface area contributed by atoms with Crippen LogP contribution in [0.4, 0.5) is 4.79 Å². The first-order valence-electron chi connectivity index (χ1n) is 12.5. The summed E-state index contributed by atoms with van der Waals surface area (Å²) in [6.45, 7) is 15.4. The molecule has 2 aromatic carbocycles. The molecule has 0 saturated heterocycles. The predicted octanol–water partition coefficient (Wildman–Crippen LogP) is 5.06. The highest BCUT2D eigenvalue weighted by molar-refractivity contribution is 5.92. The molecule has 0 aliphatic carbocycles. The fourth-order valence-electron chi connectivity index (χ4n) is 4.11. The van der Waals surface area contributed by atoms with E-state index in [2.05, 4.69) is 10.6 Å². The zero-order chi connectivity index (χ0) is 27.0. The van der Waals surface area contributed by atoms with E-state index in [1.54, 1.807) is 20.8 Å². The molecule has 0 heterocycles. The van der Waals surface area contributed by atoms with Crippen LogP contribution in [0.5, 0.6) is 0 Å². The molecule has 0 aliphatic heterocycles. The third kappa shape index (κ3) is 8.40. The molecule has 2 unspecified atom stereocenters. The lowest BCUT2D eigenvalue weighted by molar-refractivity contribution is -0.143. The van der Waals surface area contributed by atoms with Crippen LogP contribution in [-0.4, -0.2) is 41.0 Å². The quantitative estimate of drug-likeness (QED) is 0.509. The summed E-state index contributed by atoms with van der Waals surface area (Å²) in [6, 6.07) is 13.8. The van der Waals surface area contributed by atoms with E-state index in [-0.39, 0.29) is 24.3 Å². The van der Waals surface area contributed by atoms with Crippen LogP contribution >= 0.6 is 0 Å². The van der Waals surface area contributed by atoms with E-state index in [9.17, 15) is 14.4 Å². The summed E-state index contributed by atoms with van der Waals surface area (Å²) < 4.78 is 5.39. The van der Waals surface area contributed by atoms with Crippen LogP contribution in [0.3, 0.4) is 0 Å². The summed E-state index contributed by atoms with van der Waals surface area (Å²) in [6.07, 6.45) is -0.665. The monoisotopic (exact) mass is 495 g/mol. The molecule has 7 heteroatoms. The Kier molecular flexibility index (Phi) is 10.1. The molecule has 36 heavy (non-hydrogen) atoms. The molecule has 0 aromatic heterocycles. The Bertz CT molecular complexity index is 1020. The number of hydrogen-bond acceptors (Lipinski definition) is 4. The van der Waals surface area contributed by atoms with Gasteiger partial charge in [-0.1, -0.05) is 73.5 Å². The minimum atomic E-state index is -0.855.